The van der Waals surface area contributed by atoms with E-state index in [9.17, 15) is 4.79 Å². The molecule has 19 heavy (non-hydrogen) atoms. The van der Waals surface area contributed by atoms with Crippen LogP contribution < -0.4 is 4.90 Å². The molecule has 4 nitrogen and oxygen atoms in total. The van der Waals surface area contributed by atoms with E-state index in [0.717, 1.165) is 22.2 Å². The van der Waals surface area contributed by atoms with Crippen LogP contribution in [0.1, 0.15) is 6.92 Å². The number of anilines is 1. The molecule has 98 valence electrons. The summed E-state index contributed by atoms with van der Waals surface area (Å²) >= 11 is 6.56. The van der Waals surface area contributed by atoms with Crippen LogP contribution >= 0.6 is 24.0 Å². The maximum atomic E-state index is 12.1. The van der Waals surface area contributed by atoms with E-state index in [0.29, 0.717) is 5.76 Å². The summed E-state index contributed by atoms with van der Waals surface area (Å²) in [5.74, 6) is 0.148. The van der Waals surface area contributed by atoms with E-state index in [1.165, 1.54) is 4.90 Å². The summed E-state index contributed by atoms with van der Waals surface area (Å²) in [4.78, 5) is 16.7. The summed E-state index contributed by atoms with van der Waals surface area (Å²) < 4.78 is 5.46. The SMILES string of the molecule is CCN1/C(=C2/OC(=S)N(C)C2=O)Sc2ccccc21. The average Bonchev–Trinajstić information content (AvgIpc) is 2.91. The van der Waals surface area contributed by atoms with Gasteiger partial charge in [-0.1, -0.05) is 23.9 Å². The summed E-state index contributed by atoms with van der Waals surface area (Å²) in [6, 6.07) is 8.06. The first-order chi connectivity index (χ1) is 9.13. The smallest absolute Gasteiger partial charge is 0.299 e. The van der Waals surface area contributed by atoms with Crippen LogP contribution in [0.4, 0.5) is 5.69 Å². The third-order valence-corrected chi connectivity index (χ3v) is 4.60. The van der Waals surface area contributed by atoms with Crippen LogP contribution in [-0.4, -0.2) is 29.6 Å². The maximum absolute atomic E-state index is 12.1. The second kappa shape index (κ2) is 4.54. The van der Waals surface area contributed by atoms with Crippen LogP contribution in [0.3, 0.4) is 0 Å². The van der Waals surface area contributed by atoms with Gasteiger partial charge in [-0.25, -0.2) is 0 Å². The van der Waals surface area contributed by atoms with Crippen LogP contribution in [0.2, 0.25) is 0 Å². The lowest BCUT2D eigenvalue weighted by molar-refractivity contribution is -0.122. The highest BCUT2D eigenvalue weighted by Crippen LogP contribution is 2.47. The van der Waals surface area contributed by atoms with Gasteiger partial charge in [-0.2, -0.15) is 0 Å². The molecule has 2 heterocycles. The number of fused-ring (bicyclic) bond motifs is 1. The highest BCUT2D eigenvalue weighted by molar-refractivity contribution is 8.03. The number of hydrogen-bond donors (Lipinski definition) is 0. The number of hydrogen-bond acceptors (Lipinski definition) is 5. The van der Waals surface area contributed by atoms with Gasteiger partial charge in [0.15, 0.2) is 0 Å². The number of thiocarbonyl (C=S) groups is 1. The van der Waals surface area contributed by atoms with Crippen molar-refractivity contribution in [1.82, 2.24) is 4.90 Å². The fraction of sp³-hybridized carbons (Fsp3) is 0.231. The Morgan fingerprint density at radius 3 is 2.74 bits per heavy atom. The second-order valence-corrected chi connectivity index (χ2v) is 5.56. The number of nitrogens with zero attached hydrogens (tertiary/aromatic N) is 2. The second-order valence-electron chi connectivity index (χ2n) is 4.18. The van der Waals surface area contributed by atoms with Gasteiger partial charge < -0.3 is 9.64 Å². The number of para-hydroxylation sites is 1. The molecule has 0 bridgehead atoms. The number of thioether (sulfide) groups is 1. The maximum Gasteiger partial charge on any atom is 0.299 e. The van der Waals surface area contributed by atoms with Crippen molar-refractivity contribution in [2.45, 2.75) is 11.8 Å². The van der Waals surface area contributed by atoms with E-state index in [1.54, 1.807) is 18.8 Å². The monoisotopic (exact) mass is 292 g/mol. The number of rotatable bonds is 1. The summed E-state index contributed by atoms with van der Waals surface area (Å²) in [7, 11) is 1.63. The van der Waals surface area contributed by atoms with Crippen molar-refractivity contribution in [3.8, 4) is 0 Å². The third kappa shape index (κ3) is 1.82. The van der Waals surface area contributed by atoms with E-state index in [-0.39, 0.29) is 11.1 Å². The Morgan fingerprint density at radius 1 is 1.37 bits per heavy atom. The quantitative estimate of drug-likeness (QED) is 0.587. The summed E-state index contributed by atoms with van der Waals surface area (Å²) in [5, 5.41) is 1.03. The van der Waals surface area contributed by atoms with E-state index in [1.807, 2.05) is 31.2 Å². The van der Waals surface area contributed by atoms with Crippen LogP contribution in [0, 0.1) is 0 Å². The third-order valence-electron chi connectivity index (χ3n) is 3.08. The summed E-state index contributed by atoms with van der Waals surface area (Å²) in [5.41, 5.74) is 1.11. The largest absolute Gasteiger partial charge is 0.423 e. The first-order valence-corrected chi connectivity index (χ1v) is 7.14. The molecule has 1 aromatic carbocycles. The van der Waals surface area contributed by atoms with Crippen molar-refractivity contribution in [2.75, 3.05) is 18.5 Å². The van der Waals surface area contributed by atoms with Gasteiger partial charge in [0.25, 0.3) is 11.1 Å². The minimum atomic E-state index is -0.182. The van der Waals surface area contributed by atoms with Gasteiger partial charge in [0, 0.05) is 18.5 Å². The molecule has 2 aliphatic rings. The molecule has 0 saturated carbocycles. The Kier molecular flexibility index (Phi) is 2.99. The zero-order valence-electron chi connectivity index (χ0n) is 10.5. The molecule has 1 amide bonds. The number of likely N-dealkylation sites (N-methyl/N-ethyl adjacent to an activating group) is 1. The molecule has 0 aromatic heterocycles. The van der Waals surface area contributed by atoms with Crippen LogP contribution in [0.25, 0.3) is 0 Å². The van der Waals surface area contributed by atoms with Crippen LogP contribution in [-0.2, 0) is 9.53 Å². The summed E-state index contributed by atoms with van der Waals surface area (Å²) in [6.45, 7) is 2.82. The standard InChI is InChI=1S/C13H12N2O2S2/c1-3-15-8-6-4-5-7-9(8)19-12(15)10-11(16)14(2)13(18)17-10/h4-7H,3H2,1-2H3/b12-10-. The topological polar surface area (TPSA) is 32.8 Å². The molecule has 2 aliphatic heterocycles. The van der Waals surface area contributed by atoms with Crippen LogP contribution in [0.5, 0.6) is 0 Å². The van der Waals surface area contributed by atoms with Crippen molar-refractivity contribution < 1.29 is 9.53 Å². The van der Waals surface area contributed by atoms with Crippen molar-refractivity contribution in [3.63, 3.8) is 0 Å². The lowest BCUT2D eigenvalue weighted by atomic mass is 10.3. The molecular formula is C13H12N2O2S2. The van der Waals surface area contributed by atoms with Crippen molar-refractivity contribution in [3.05, 3.63) is 35.1 Å². The van der Waals surface area contributed by atoms with Gasteiger partial charge >= 0.3 is 0 Å². The first kappa shape index (κ1) is 12.5. The van der Waals surface area contributed by atoms with Gasteiger partial charge in [0.05, 0.1) is 5.69 Å². The molecule has 0 spiro atoms. The van der Waals surface area contributed by atoms with Crippen molar-refractivity contribution >= 4 is 40.7 Å². The normalized spacial score (nSPS) is 22.0. The Balaban J connectivity index is 2.09. The number of amides is 1. The zero-order valence-corrected chi connectivity index (χ0v) is 12.2. The van der Waals surface area contributed by atoms with Gasteiger partial charge in [-0.3, -0.25) is 9.69 Å². The average molecular weight is 292 g/mol. The van der Waals surface area contributed by atoms with Gasteiger partial charge in [0.2, 0.25) is 5.76 Å². The van der Waals surface area contributed by atoms with Gasteiger partial charge in [0.1, 0.15) is 5.03 Å². The Bertz CT molecular complexity index is 612. The molecular weight excluding hydrogens is 280 g/mol. The van der Waals surface area contributed by atoms with Gasteiger partial charge in [-0.15, -0.1) is 0 Å². The Hall–Kier alpha value is -1.53. The molecule has 3 rings (SSSR count). The van der Waals surface area contributed by atoms with Crippen molar-refractivity contribution in [1.29, 1.82) is 0 Å². The molecule has 0 aliphatic carbocycles. The molecule has 1 fully saturated rings. The summed E-state index contributed by atoms with van der Waals surface area (Å²) in [6.07, 6.45) is 0. The lowest BCUT2D eigenvalue weighted by Crippen LogP contribution is -2.24. The number of ether oxygens (including phenoxy) is 1. The lowest BCUT2D eigenvalue weighted by Gasteiger charge is -2.18. The fourth-order valence-electron chi connectivity index (χ4n) is 2.09. The predicted molar refractivity (Wildman–Crippen MR) is 78.8 cm³/mol. The van der Waals surface area contributed by atoms with Gasteiger partial charge in [-0.05, 0) is 31.3 Å². The Labute approximate surface area is 121 Å². The van der Waals surface area contributed by atoms with E-state index < -0.39 is 0 Å². The van der Waals surface area contributed by atoms with E-state index >= 15 is 0 Å². The Morgan fingerprint density at radius 2 is 2.11 bits per heavy atom. The van der Waals surface area contributed by atoms with Crippen LogP contribution in [0.15, 0.2) is 39.9 Å². The molecule has 0 radical (unpaired) electrons. The van der Waals surface area contributed by atoms with Crippen molar-refractivity contribution in [2.24, 2.45) is 0 Å². The number of benzene rings is 1. The zero-order chi connectivity index (χ0) is 13.6. The number of carbonyl (C=O) groups excluding carboxylic acids is 1. The highest BCUT2D eigenvalue weighted by Gasteiger charge is 2.38. The molecule has 6 heteroatoms. The molecule has 0 atom stereocenters. The predicted octanol–water partition coefficient (Wildman–Crippen LogP) is 2.56. The van der Waals surface area contributed by atoms with E-state index in [2.05, 4.69) is 4.90 Å². The minimum Gasteiger partial charge on any atom is -0.423 e. The fourth-order valence-corrected chi connectivity index (χ4v) is 3.45. The minimum absolute atomic E-state index is 0.182. The number of carbonyl (C=O) groups is 1. The first-order valence-electron chi connectivity index (χ1n) is 5.92. The molecule has 0 N–H and O–H groups in total. The molecule has 0 unspecified atom stereocenters. The van der Waals surface area contributed by atoms with E-state index in [4.69, 9.17) is 17.0 Å². The molecule has 1 saturated heterocycles. The highest BCUT2D eigenvalue weighted by atomic mass is 32.2. The molecule has 1 aromatic rings.